The fraction of sp³-hybridized carbons (Fsp3) is 0.579. The monoisotopic (exact) mass is 366 g/mol. The molecule has 0 aliphatic carbocycles. The van der Waals surface area contributed by atoms with Crippen molar-refractivity contribution in [3.05, 3.63) is 35.6 Å². The standard InChI is InChI=1S/C19H27FN2O4/c1-19(2,3)26-18(25)22-9-5-7-14(12-22)17(24)21-11-16(23)13-6-4-8-15(20)10-13/h4,6,8,10,14,16,23H,5,7,9,11-12H2,1-3H3,(H,21,24)/t14-,16-/m0/s1. The number of aliphatic hydroxyl groups excluding tert-OH is 1. The average Bonchev–Trinajstić information content (AvgIpc) is 2.58. The molecule has 0 aromatic heterocycles. The number of nitrogens with one attached hydrogen (secondary N) is 1. The third-order valence-electron chi connectivity index (χ3n) is 4.15. The van der Waals surface area contributed by atoms with E-state index in [-0.39, 0.29) is 24.9 Å². The molecule has 6 nitrogen and oxygen atoms in total. The molecule has 1 aliphatic heterocycles. The number of hydrogen-bond acceptors (Lipinski definition) is 4. The van der Waals surface area contributed by atoms with Gasteiger partial charge in [-0.1, -0.05) is 12.1 Å². The molecule has 2 N–H and O–H groups in total. The minimum absolute atomic E-state index is 0.00871. The first kappa shape index (κ1) is 20.2. The molecule has 1 aromatic carbocycles. The van der Waals surface area contributed by atoms with E-state index in [1.54, 1.807) is 31.7 Å². The lowest BCUT2D eigenvalue weighted by Gasteiger charge is -2.33. The minimum Gasteiger partial charge on any atom is -0.444 e. The van der Waals surface area contributed by atoms with Crippen LogP contribution in [-0.2, 0) is 9.53 Å². The fourth-order valence-corrected chi connectivity index (χ4v) is 2.86. The van der Waals surface area contributed by atoms with Crippen LogP contribution < -0.4 is 5.32 Å². The summed E-state index contributed by atoms with van der Waals surface area (Å²) in [6.45, 7) is 6.24. The van der Waals surface area contributed by atoms with Crippen molar-refractivity contribution in [3.8, 4) is 0 Å². The van der Waals surface area contributed by atoms with E-state index in [9.17, 15) is 19.1 Å². The lowest BCUT2D eigenvalue weighted by Crippen LogP contribution is -2.47. The highest BCUT2D eigenvalue weighted by atomic mass is 19.1. The first-order valence-electron chi connectivity index (χ1n) is 8.85. The number of likely N-dealkylation sites (tertiary alicyclic amines) is 1. The van der Waals surface area contributed by atoms with Gasteiger partial charge < -0.3 is 20.1 Å². The summed E-state index contributed by atoms with van der Waals surface area (Å²) in [6, 6.07) is 5.64. The number of aliphatic hydroxyl groups is 1. The Labute approximate surface area is 153 Å². The van der Waals surface area contributed by atoms with Crippen LogP contribution in [0.2, 0.25) is 0 Å². The zero-order valence-corrected chi connectivity index (χ0v) is 15.5. The van der Waals surface area contributed by atoms with Crippen molar-refractivity contribution in [2.45, 2.75) is 45.3 Å². The number of nitrogens with zero attached hydrogens (tertiary/aromatic N) is 1. The molecule has 0 radical (unpaired) electrons. The van der Waals surface area contributed by atoms with Crippen LogP contribution in [0.1, 0.15) is 45.3 Å². The van der Waals surface area contributed by atoms with Crippen LogP contribution in [0.3, 0.4) is 0 Å². The van der Waals surface area contributed by atoms with Gasteiger partial charge in [0.05, 0.1) is 12.0 Å². The number of amides is 2. The molecule has 1 aromatic rings. The molecule has 144 valence electrons. The molecule has 1 aliphatic rings. The van der Waals surface area contributed by atoms with Gasteiger partial charge in [0.2, 0.25) is 5.91 Å². The molecule has 0 spiro atoms. The van der Waals surface area contributed by atoms with Gasteiger partial charge in [0.25, 0.3) is 0 Å². The number of hydrogen-bond donors (Lipinski definition) is 2. The molecular weight excluding hydrogens is 339 g/mol. The van der Waals surface area contributed by atoms with E-state index >= 15 is 0 Å². The van der Waals surface area contributed by atoms with Gasteiger partial charge in [0.15, 0.2) is 0 Å². The van der Waals surface area contributed by atoms with E-state index in [0.717, 1.165) is 0 Å². The number of rotatable bonds is 4. The van der Waals surface area contributed by atoms with E-state index < -0.39 is 23.6 Å². The Morgan fingerprint density at radius 3 is 2.81 bits per heavy atom. The van der Waals surface area contributed by atoms with Crippen molar-refractivity contribution in [3.63, 3.8) is 0 Å². The molecule has 2 amide bonds. The maximum Gasteiger partial charge on any atom is 0.410 e. The molecule has 1 saturated heterocycles. The van der Waals surface area contributed by atoms with E-state index in [0.29, 0.717) is 24.9 Å². The number of ether oxygens (including phenoxy) is 1. The Hall–Kier alpha value is -2.15. The number of halogens is 1. The Morgan fingerprint density at radius 2 is 2.15 bits per heavy atom. The highest BCUT2D eigenvalue weighted by molar-refractivity contribution is 5.80. The topological polar surface area (TPSA) is 78.9 Å². The lowest BCUT2D eigenvalue weighted by atomic mass is 9.97. The summed E-state index contributed by atoms with van der Waals surface area (Å²) in [6.07, 6.45) is -0.0275. The number of carbonyl (C=O) groups excluding carboxylic acids is 2. The van der Waals surface area contributed by atoms with Crippen LogP contribution in [0.25, 0.3) is 0 Å². The first-order valence-corrected chi connectivity index (χ1v) is 8.85. The van der Waals surface area contributed by atoms with E-state index in [1.807, 2.05) is 0 Å². The van der Waals surface area contributed by atoms with Crippen molar-refractivity contribution in [1.82, 2.24) is 10.2 Å². The van der Waals surface area contributed by atoms with Gasteiger partial charge in [-0.2, -0.15) is 0 Å². The van der Waals surface area contributed by atoms with Crippen molar-refractivity contribution in [2.24, 2.45) is 5.92 Å². The van der Waals surface area contributed by atoms with Gasteiger partial charge in [-0.3, -0.25) is 4.79 Å². The maximum atomic E-state index is 13.2. The van der Waals surface area contributed by atoms with Gasteiger partial charge in [-0.25, -0.2) is 9.18 Å². The predicted molar refractivity (Wildman–Crippen MR) is 94.9 cm³/mol. The molecule has 0 bridgehead atoms. The first-order chi connectivity index (χ1) is 12.2. The van der Waals surface area contributed by atoms with Gasteiger partial charge >= 0.3 is 6.09 Å². The van der Waals surface area contributed by atoms with E-state index in [2.05, 4.69) is 5.32 Å². The summed E-state index contributed by atoms with van der Waals surface area (Å²) >= 11 is 0. The number of piperidine rings is 1. The second kappa shape index (κ2) is 8.49. The molecule has 1 fully saturated rings. The maximum absolute atomic E-state index is 13.2. The van der Waals surface area contributed by atoms with Gasteiger partial charge in [-0.05, 0) is 51.3 Å². The highest BCUT2D eigenvalue weighted by Crippen LogP contribution is 2.20. The average molecular weight is 366 g/mol. The minimum atomic E-state index is -0.986. The summed E-state index contributed by atoms with van der Waals surface area (Å²) in [7, 11) is 0. The quantitative estimate of drug-likeness (QED) is 0.859. The van der Waals surface area contributed by atoms with Crippen LogP contribution in [0.5, 0.6) is 0 Å². The Bertz CT molecular complexity index is 645. The van der Waals surface area contributed by atoms with Crippen LogP contribution in [0.4, 0.5) is 9.18 Å². The molecule has 2 atom stereocenters. The molecule has 1 heterocycles. The summed E-state index contributed by atoms with van der Waals surface area (Å²) in [5.41, 5.74) is -0.175. The van der Waals surface area contributed by atoms with Crippen molar-refractivity contribution in [1.29, 1.82) is 0 Å². The summed E-state index contributed by atoms with van der Waals surface area (Å²) < 4.78 is 18.6. The number of benzene rings is 1. The highest BCUT2D eigenvalue weighted by Gasteiger charge is 2.31. The molecule has 0 saturated carbocycles. The summed E-state index contributed by atoms with van der Waals surface area (Å²) in [5, 5.41) is 12.8. The third-order valence-corrected chi connectivity index (χ3v) is 4.15. The summed E-state index contributed by atoms with van der Waals surface area (Å²) in [5.74, 6) is -1.02. The molecular formula is C19H27FN2O4. The van der Waals surface area contributed by atoms with Crippen molar-refractivity contribution >= 4 is 12.0 Å². The summed E-state index contributed by atoms with van der Waals surface area (Å²) in [4.78, 5) is 26.1. The number of carbonyl (C=O) groups is 2. The van der Waals surface area contributed by atoms with Gasteiger partial charge in [-0.15, -0.1) is 0 Å². The molecule has 2 rings (SSSR count). The second-order valence-electron chi connectivity index (χ2n) is 7.58. The second-order valence-corrected chi connectivity index (χ2v) is 7.58. The predicted octanol–water partition coefficient (Wildman–Crippen LogP) is 2.62. The molecule has 26 heavy (non-hydrogen) atoms. The largest absolute Gasteiger partial charge is 0.444 e. The van der Waals surface area contributed by atoms with E-state index in [1.165, 1.54) is 18.2 Å². The molecule has 0 unspecified atom stereocenters. The van der Waals surface area contributed by atoms with Crippen molar-refractivity contribution < 1.29 is 23.8 Å². The Balaban J connectivity index is 1.86. The van der Waals surface area contributed by atoms with E-state index in [4.69, 9.17) is 4.74 Å². The zero-order valence-electron chi connectivity index (χ0n) is 15.5. The van der Waals surface area contributed by atoms with Crippen LogP contribution >= 0.6 is 0 Å². The van der Waals surface area contributed by atoms with Crippen LogP contribution in [0, 0.1) is 11.7 Å². The van der Waals surface area contributed by atoms with Gasteiger partial charge in [0.1, 0.15) is 11.4 Å². The van der Waals surface area contributed by atoms with Crippen molar-refractivity contribution in [2.75, 3.05) is 19.6 Å². The zero-order chi connectivity index (χ0) is 19.3. The smallest absolute Gasteiger partial charge is 0.410 e. The lowest BCUT2D eigenvalue weighted by molar-refractivity contribution is -0.127. The van der Waals surface area contributed by atoms with Gasteiger partial charge in [0, 0.05) is 19.6 Å². The fourth-order valence-electron chi connectivity index (χ4n) is 2.86. The molecule has 7 heteroatoms. The normalized spacial score (nSPS) is 19.0. The van der Waals surface area contributed by atoms with Crippen LogP contribution in [0.15, 0.2) is 24.3 Å². The SMILES string of the molecule is CC(C)(C)OC(=O)N1CCC[C@H](C(=O)NC[C@H](O)c2cccc(F)c2)C1. The Kier molecular flexibility index (Phi) is 6.58. The third kappa shape index (κ3) is 5.98. The van der Waals surface area contributed by atoms with Crippen LogP contribution in [-0.4, -0.2) is 47.2 Å². The Morgan fingerprint density at radius 1 is 1.42 bits per heavy atom.